The average Bonchev–Trinajstić information content (AvgIpc) is 2.91. The van der Waals surface area contributed by atoms with Gasteiger partial charge in [0.15, 0.2) is 6.61 Å². The lowest BCUT2D eigenvalue weighted by atomic mass is 9.87. The van der Waals surface area contributed by atoms with Crippen molar-refractivity contribution in [3.63, 3.8) is 0 Å². The summed E-state index contributed by atoms with van der Waals surface area (Å²) in [4.78, 5) is 36.8. The fourth-order valence-corrected chi connectivity index (χ4v) is 4.63. The van der Waals surface area contributed by atoms with Gasteiger partial charge in [0, 0.05) is 17.7 Å². The van der Waals surface area contributed by atoms with Gasteiger partial charge in [-0.3, -0.25) is 14.4 Å². The van der Waals surface area contributed by atoms with Crippen LogP contribution in [0.5, 0.6) is 0 Å². The smallest absolute Gasteiger partial charge is 0.303 e. The van der Waals surface area contributed by atoms with E-state index in [4.69, 9.17) is 9.84 Å². The molecule has 3 aromatic rings. The zero-order chi connectivity index (χ0) is 27.9. The fourth-order valence-electron chi connectivity index (χ4n) is 4.63. The van der Waals surface area contributed by atoms with Gasteiger partial charge in [0.2, 0.25) is 11.8 Å². The molecule has 0 saturated carbocycles. The van der Waals surface area contributed by atoms with Gasteiger partial charge in [-0.1, -0.05) is 68.4 Å². The van der Waals surface area contributed by atoms with E-state index < -0.39 is 11.9 Å². The predicted molar refractivity (Wildman–Crippen MR) is 149 cm³/mol. The number of rotatable bonds is 10. The van der Waals surface area contributed by atoms with Crippen molar-refractivity contribution >= 4 is 29.4 Å². The van der Waals surface area contributed by atoms with Crippen LogP contribution in [0.25, 0.3) is 0 Å². The summed E-state index contributed by atoms with van der Waals surface area (Å²) in [6.45, 7) is 6.11. The largest absolute Gasteiger partial charge is 0.481 e. The molecule has 2 amide bonds. The number of carbonyl (C=O) groups is 3. The van der Waals surface area contributed by atoms with Crippen LogP contribution < -0.4 is 5.32 Å². The number of hydrogen-bond donors (Lipinski definition) is 2. The number of nitrogens with zero attached hydrogens (tertiary/aromatic N) is 2. The number of aliphatic carboxylic acids is 1. The van der Waals surface area contributed by atoms with Gasteiger partial charge < -0.3 is 15.2 Å². The van der Waals surface area contributed by atoms with E-state index in [-0.39, 0.29) is 30.8 Å². The van der Waals surface area contributed by atoms with Crippen LogP contribution in [0.2, 0.25) is 0 Å². The standard InChI is InChI=1S/C31H33N3O5/c1-20(2)29(30(38)32-26-11-7-10-23(21(26)3)16-17-28(36)37)24-14-12-22(13-15-24)18-34-27(35)19-39-31(33-34)25-8-5-4-6-9-25/h4-15,20,29H,16-19H2,1-3H3,(H,32,38)(H,36,37)/t29-/m0/s1. The van der Waals surface area contributed by atoms with E-state index in [2.05, 4.69) is 10.4 Å². The van der Waals surface area contributed by atoms with Crippen molar-refractivity contribution in [2.45, 2.75) is 46.1 Å². The molecule has 1 heterocycles. The molecule has 2 N–H and O–H groups in total. The lowest BCUT2D eigenvalue weighted by Crippen LogP contribution is -2.36. The molecule has 8 heteroatoms. The highest BCUT2D eigenvalue weighted by Crippen LogP contribution is 2.29. The van der Waals surface area contributed by atoms with E-state index in [1.807, 2.05) is 93.6 Å². The summed E-state index contributed by atoms with van der Waals surface area (Å²) >= 11 is 0. The molecular formula is C31H33N3O5. The third-order valence-electron chi connectivity index (χ3n) is 6.78. The molecule has 0 radical (unpaired) electrons. The molecule has 0 fully saturated rings. The van der Waals surface area contributed by atoms with Crippen LogP contribution in [0, 0.1) is 12.8 Å². The first-order valence-electron chi connectivity index (χ1n) is 13.0. The Morgan fingerprint density at radius 3 is 2.41 bits per heavy atom. The second-order valence-electron chi connectivity index (χ2n) is 9.95. The first-order chi connectivity index (χ1) is 18.7. The highest BCUT2D eigenvalue weighted by atomic mass is 16.5. The van der Waals surface area contributed by atoms with E-state index in [1.165, 1.54) is 5.01 Å². The molecule has 1 atom stereocenters. The second-order valence-corrected chi connectivity index (χ2v) is 9.95. The van der Waals surface area contributed by atoms with Crippen molar-refractivity contribution in [3.05, 3.63) is 101 Å². The number of benzene rings is 3. The van der Waals surface area contributed by atoms with Gasteiger partial charge in [-0.15, -0.1) is 5.10 Å². The predicted octanol–water partition coefficient (Wildman–Crippen LogP) is 5.11. The van der Waals surface area contributed by atoms with Crippen LogP contribution >= 0.6 is 0 Å². The molecular weight excluding hydrogens is 494 g/mol. The Balaban J connectivity index is 1.47. The Morgan fingerprint density at radius 1 is 1.03 bits per heavy atom. The number of ether oxygens (including phenoxy) is 1. The molecule has 0 bridgehead atoms. The van der Waals surface area contributed by atoms with Gasteiger partial charge in [-0.05, 0) is 59.7 Å². The number of nitrogens with one attached hydrogen (secondary N) is 1. The molecule has 4 rings (SSSR count). The lowest BCUT2D eigenvalue weighted by molar-refractivity contribution is -0.137. The van der Waals surface area contributed by atoms with Crippen molar-refractivity contribution in [1.82, 2.24) is 5.01 Å². The number of carbonyl (C=O) groups excluding carboxylic acids is 2. The van der Waals surface area contributed by atoms with Gasteiger partial charge in [-0.25, -0.2) is 5.01 Å². The van der Waals surface area contributed by atoms with Crippen LogP contribution in [-0.2, 0) is 32.1 Å². The minimum Gasteiger partial charge on any atom is -0.481 e. The number of carboxylic acids is 1. The zero-order valence-electron chi connectivity index (χ0n) is 22.4. The summed E-state index contributed by atoms with van der Waals surface area (Å²) in [5.41, 5.74) is 5.01. The Kier molecular flexibility index (Phi) is 8.76. The number of hydrazone groups is 1. The van der Waals surface area contributed by atoms with Crippen LogP contribution in [0.4, 0.5) is 5.69 Å². The summed E-state index contributed by atoms with van der Waals surface area (Å²) in [5.74, 6) is -1.16. The molecule has 202 valence electrons. The lowest BCUT2D eigenvalue weighted by Gasteiger charge is -2.25. The highest BCUT2D eigenvalue weighted by Gasteiger charge is 2.26. The van der Waals surface area contributed by atoms with Crippen molar-refractivity contribution < 1.29 is 24.2 Å². The number of hydrogen-bond acceptors (Lipinski definition) is 5. The maximum Gasteiger partial charge on any atom is 0.303 e. The van der Waals surface area contributed by atoms with Crippen LogP contribution in [-0.4, -0.2) is 40.4 Å². The Bertz CT molecular complexity index is 1370. The SMILES string of the molecule is Cc1c(CCC(=O)O)cccc1NC(=O)[C@H](c1ccc(CN2N=C(c3ccccc3)OCC2=O)cc1)C(C)C. The maximum atomic E-state index is 13.4. The topological polar surface area (TPSA) is 108 Å². The summed E-state index contributed by atoms with van der Waals surface area (Å²) in [6, 6.07) is 22.7. The molecule has 0 aliphatic carbocycles. The first kappa shape index (κ1) is 27.6. The monoisotopic (exact) mass is 527 g/mol. The van der Waals surface area contributed by atoms with E-state index in [0.29, 0.717) is 24.6 Å². The van der Waals surface area contributed by atoms with Crippen molar-refractivity contribution in [2.24, 2.45) is 11.0 Å². The maximum absolute atomic E-state index is 13.4. The molecule has 0 saturated heterocycles. The molecule has 3 aromatic carbocycles. The zero-order valence-corrected chi connectivity index (χ0v) is 22.4. The highest BCUT2D eigenvalue weighted by molar-refractivity contribution is 5.98. The summed E-state index contributed by atoms with van der Waals surface area (Å²) in [5, 5.41) is 17.9. The molecule has 0 unspecified atom stereocenters. The minimum atomic E-state index is -0.853. The quantitative estimate of drug-likeness (QED) is 0.381. The average molecular weight is 528 g/mol. The molecule has 1 aliphatic rings. The van der Waals surface area contributed by atoms with E-state index in [9.17, 15) is 14.4 Å². The molecule has 1 aliphatic heterocycles. The number of amides is 2. The normalized spacial score (nSPS) is 14.0. The van der Waals surface area contributed by atoms with E-state index in [1.54, 1.807) is 0 Å². The molecule has 0 spiro atoms. The van der Waals surface area contributed by atoms with Crippen molar-refractivity contribution in [3.8, 4) is 0 Å². The first-order valence-corrected chi connectivity index (χ1v) is 13.0. The molecule has 39 heavy (non-hydrogen) atoms. The van der Waals surface area contributed by atoms with Crippen LogP contribution in [0.15, 0.2) is 77.9 Å². The number of carboxylic acid groups (broad SMARTS) is 1. The van der Waals surface area contributed by atoms with Gasteiger partial charge in [0.05, 0.1) is 12.5 Å². The third kappa shape index (κ3) is 6.90. The molecule has 0 aromatic heterocycles. The number of aryl methyl sites for hydroxylation is 1. The summed E-state index contributed by atoms with van der Waals surface area (Å²) in [6.07, 6.45) is 0.441. The Morgan fingerprint density at radius 2 is 1.74 bits per heavy atom. The number of anilines is 1. The van der Waals surface area contributed by atoms with Crippen molar-refractivity contribution in [2.75, 3.05) is 11.9 Å². The Labute approximate surface area is 228 Å². The molecule has 8 nitrogen and oxygen atoms in total. The Hall–Kier alpha value is -4.46. The van der Waals surface area contributed by atoms with Gasteiger partial charge in [-0.2, -0.15) is 0 Å². The summed E-state index contributed by atoms with van der Waals surface area (Å²) in [7, 11) is 0. The third-order valence-corrected chi connectivity index (χ3v) is 6.78. The fraction of sp³-hybridized carbons (Fsp3) is 0.290. The van der Waals surface area contributed by atoms with E-state index in [0.717, 1.165) is 27.8 Å². The summed E-state index contributed by atoms with van der Waals surface area (Å²) < 4.78 is 5.52. The van der Waals surface area contributed by atoms with Crippen molar-refractivity contribution in [1.29, 1.82) is 0 Å². The van der Waals surface area contributed by atoms with E-state index >= 15 is 0 Å². The minimum absolute atomic E-state index is 0.0326. The van der Waals surface area contributed by atoms with Crippen LogP contribution in [0.1, 0.15) is 54.0 Å². The van der Waals surface area contributed by atoms with Crippen LogP contribution in [0.3, 0.4) is 0 Å². The van der Waals surface area contributed by atoms with Gasteiger partial charge >= 0.3 is 5.97 Å². The van der Waals surface area contributed by atoms with Gasteiger partial charge in [0.1, 0.15) is 0 Å². The second kappa shape index (κ2) is 12.4. The van der Waals surface area contributed by atoms with Gasteiger partial charge in [0.25, 0.3) is 5.91 Å².